The SMILES string of the molecule is C/C=C/C=C/C(=O)OCCCCCCCCCCC[N+](C)(C)C. The predicted octanol–water partition coefficient (Wildman–Crippen LogP) is 4.88. The van der Waals surface area contributed by atoms with E-state index >= 15 is 0 Å². The normalized spacial score (nSPS) is 12.3. The molecule has 3 nitrogen and oxygen atoms in total. The van der Waals surface area contributed by atoms with Crippen LogP contribution in [0.1, 0.15) is 64.7 Å². The molecular formula is C20H38NO2+. The standard InChI is InChI=1S/C20H38NO2/c1-5-6-14-17-20(22)23-19-16-13-11-9-7-8-10-12-15-18-21(2,3)4/h5-6,14,17H,7-13,15-16,18-19H2,1-4H3/q+1/b6-5+,17-14+. The molecule has 0 saturated heterocycles. The number of rotatable bonds is 14. The van der Waals surface area contributed by atoms with Crippen LogP contribution in [0.5, 0.6) is 0 Å². The minimum Gasteiger partial charge on any atom is -0.463 e. The zero-order valence-electron chi connectivity index (χ0n) is 15.9. The fraction of sp³-hybridized carbons (Fsp3) is 0.750. The Morgan fingerprint density at radius 3 is 1.87 bits per heavy atom. The lowest BCUT2D eigenvalue weighted by molar-refractivity contribution is -0.870. The first-order valence-electron chi connectivity index (χ1n) is 9.22. The average molecular weight is 325 g/mol. The molecule has 0 aromatic heterocycles. The van der Waals surface area contributed by atoms with E-state index in [-0.39, 0.29) is 5.97 Å². The van der Waals surface area contributed by atoms with Crippen molar-refractivity contribution in [3.8, 4) is 0 Å². The lowest BCUT2D eigenvalue weighted by Gasteiger charge is -2.23. The van der Waals surface area contributed by atoms with Crippen molar-refractivity contribution in [2.75, 3.05) is 34.3 Å². The Hall–Kier alpha value is -1.09. The van der Waals surface area contributed by atoms with Gasteiger partial charge >= 0.3 is 5.97 Å². The van der Waals surface area contributed by atoms with Gasteiger partial charge in [0.1, 0.15) is 0 Å². The first kappa shape index (κ1) is 21.9. The molecule has 0 bridgehead atoms. The third-order valence-corrected chi connectivity index (χ3v) is 3.75. The Morgan fingerprint density at radius 1 is 0.826 bits per heavy atom. The van der Waals surface area contributed by atoms with E-state index in [1.54, 1.807) is 6.08 Å². The fourth-order valence-electron chi connectivity index (χ4n) is 2.39. The molecule has 0 aliphatic carbocycles. The summed E-state index contributed by atoms with van der Waals surface area (Å²) in [5.74, 6) is -0.239. The molecule has 0 aliphatic heterocycles. The molecule has 0 saturated carbocycles. The predicted molar refractivity (Wildman–Crippen MR) is 99.4 cm³/mol. The lowest BCUT2D eigenvalue weighted by Crippen LogP contribution is -2.35. The van der Waals surface area contributed by atoms with Gasteiger partial charge in [0.05, 0.1) is 34.3 Å². The largest absolute Gasteiger partial charge is 0.463 e. The summed E-state index contributed by atoms with van der Waals surface area (Å²) in [6.45, 7) is 3.74. The summed E-state index contributed by atoms with van der Waals surface area (Å²) in [7, 11) is 6.78. The number of allylic oxidation sites excluding steroid dienone is 3. The molecule has 134 valence electrons. The summed E-state index contributed by atoms with van der Waals surface area (Å²) in [4.78, 5) is 11.3. The summed E-state index contributed by atoms with van der Waals surface area (Å²) < 4.78 is 6.21. The van der Waals surface area contributed by atoms with E-state index < -0.39 is 0 Å². The van der Waals surface area contributed by atoms with Gasteiger partial charge in [-0.3, -0.25) is 0 Å². The maximum Gasteiger partial charge on any atom is 0.330 e. The Balaban J connectivity index is 3.23. The fourth-order valence-corrected chi connectivity index (χ4v) is 2.39. The van der Waals surface area contributed by atoms with Crippen molar-refractivity contribution in [2.45, 2.75) is 64.7 Å². The maximum absolute atomic E-state index is 11.3. The molecular weight excluding hydrogens is 286 g/mol. The molecule has 0 unspecified atom stereocenters. The highest BCUT2D eigenvalue weighted by Crippen LogP contribution is 2.10. The molecule has 3 heteroatoms. The van der Waals surface area contributed by atoms with Crippen molar-refractivity contribution < 1.29 is 14.0 Å². The second-order valence-corrected chi connectivity index (χ2v) is 7.25. The van der Waals surface area contributed by atoms with Crippen LogP contribution in [0.15, 0.2) is 24.3 Å². The molecule has 0 amide bonds. The number of unbranched alkanes of at least 4 members (excludes halogenated alkanes) is 8. The molecule has 0 spiro atoms. The van der Waals surface area contributed by atoms with Crippen LogP contribution >= 0.6 is 0 Å². The van der Waals surface area contributed by atoms with E-state index in [0.717, 1.165) is 17.3 Å². The van der Waals surface area contributed by atoms with Crippen LogP contribution in [0.3, 0.4) is 0 Å². The van der Waals surface area contributed by atoms with E-state index in [0.29, 0.717) is 6.61 Å². The minimum absolute atomic E-state index is 0.239. The van der Waals surface area contributed by atoms with Crippen LogP contribution < -0.4 is 0 Å². The third kappa shape index (κ3) is 18.9. The summed E-state index contributed by atoms with van der Waals surface area (Å²) >= 11 is 0. The molecule has 0 rings (SSSR count). The second-order valence-electron chi connectivity index (χ2n) is 7.25. The van der Waals surface area contributed by atoms with E-state index in [4.69, 9.17) is 4.74 Å². The van der Waals surface area contributed by atoms with Crippen LogP contribution in [0.2, 0.25) is 0 Å². The van der Waals surface area contributed by atoms with Crippen molar-refractivity contribution in [1.29, 1.82) is 0 Å². The zero-order valence-corrected chi connectivity index (χ0v) is 15.9. The van der Waals surface area contributed by atoms with E-state index in [2.05, 4.69) is 21.1 Å². The number of esters is 1. The smallest absolute Gasteiger partial charge is 0.330 e. The van der Waals surface area contributed by atoms with Crippen molar-refractivity contribution in [2.24, 2.45) is 0 Å². The highest BCUT2D eigenvalue weighted by Gasteiger charge is 2.04. The van der Waals surface area contributed by atoms with Gasteiger partial charge in [-0.05, 0) is 26.2 Å². The monoisotopic (exact) mass is 324 g/mol. The molecule has 0 radical (unpaired) electrons. The van der Waals surface area contributed by atoms with Crippen molar-refractivity contribution in [3.05, 3.63) is 24.3 Å². The second kappa shape index (κ2) is 14.5. The van der Waals surface area contributed by atoms with Gasteiger partial charge in [-0.25, -0.2) is 4.79 Å². The molecule has 0 atom stereocenters. The molecule has 0 aliphatic rings. The first-order chi connectivity index (χ1) is 11.0. The summed E-state index contributed by atoms with van der Waals surface area (Å²) in [5, 5.41) is 0. The van der Waals surface area contributed by atoms with Crippen LogP contribution in [0.25, 0.3) is 0 Å². The van der Waals surface area contributed by atoms with Gasteiger partial charge in [0.25, 0.3) is 0 Å². The Bertz CT molecular complexity index is 340. The van der Waals surface area contributed by atoms with Gasteiger partial charge in [0.15, 0.2) is 0 Å². The Labute approximate surface area is 144 Å². The van der Waals surface area contributed by atoms with Gasteiger partial charge in [0.2, 0.25) is 0 Å². The van der Waals surface area contributed by atoms with Gasteiger partial charge in [-0.15, -0.1) is 0 Å². The molecule has 0 aromatic rings. The van der Waals surface area contributed by atoms with Crippen LogP contribution in [-0.2, 0) is 9.53 Å². The molecule has 0 heterocycles. The molecule has 0 N–H and O–H groups in total. The van der Waals surface area contributed by atoms with Gasteiger partial charge in [-0.2, -0.15) is 0 Å². The van der Waals surface area contributed by atoms with Crippen LogP contribution in [-0.4, -0.2) is 44.7 Å². The summed E-state index contributed by atoms with van der Waals surface area (Å²) in [5.41, 5.74) is 0. The average Bonchev–Trinajstić information content (AvgIpc) is 2.47. The van der Waals surface area contributed by atoms with E-state index in [1.807, 2.05) is 19.1 Å². The van der Waals surface area contributed by atoms with Gasteiger partial charge < -0.3 is 9.22 Å². The lowest BCUT2D eigenvalue weighted by atomic mass is 10.1. The molecule has 0 aromatic carbocycles. The van der Waals surface area contributed by atoms with Crippen LogP contribution in [0.4, 0.5) is 0 Å². The number of carbonyl (C=O) groups excluding carboxylic acids is 1. The minimum atomic E-state index is -0.239. The highest BCUT2D eigenvalue weighted by atomic mass is 16.5. The summed E-state index contributed by atoms with van der Waals surface area (Å²) in [6.07, 6.45) is 18.4. The zero-order chi connectivity index (χ0) is 17.4. The molecule has 23 heavy (non-hydrogen) atoms. The highest BCUT2D eigenvalue weighted by molar-refractivity contribution is 5.82. The third-order valence-electron chi connectivity index (χ3n) is 3.75. The van der Waals surface area contributed by atoms with Crippen molar-refractivity contribution in [1.82, 2.24) is 0 Å². The van der Waals surface area contributed by atoms with Gasteiger partial charge in [0, 0.05) is 6.08 Å². The number of quaternary nitrogens is 1. The van der Waals surface area contributed by atoms with Crippen molar-refractivity contribution in [3.63, 3.8) is 0 Å². The molecule has 0 fully saturated rings. The van der Waals surface area contributed by atoms with Crippen molar-refractivity contribution >= 4 is 5.97 Å². The van der Waals surface area contributed by atoms with E-state index in [1.165, 1.54) is 57.6 Å². The van der Waals surface area contributed by atoms with Gasteiger partial charge in [-0.1, -0.05) is 56.8 Å². The number of ether oxygens (including phenoxy) is 1. The Morgan fingerprint density at radius 2 is 1.35 bits per heavy atom. The Kier molecular flexibility index (Phi) is 13.8. The van der Waals surface area contributed by atoms with Crippen LogP contribution in [0, 0.1) is 0 Å². The number of hydrogen-bond acceptors (Lipinski definition) is 2. The maximum atomic E-state index is 11.3. The quantitative estimate of drug-likeness (QED) is 0.150. The van der Waals surface area contributed by atoms with E-state index in [9.17, 15) is 4.79 Å². The number of hydrogen-bond donors (Lipinski definition) is 0. The topological polar surface area (TPSA) is 26.3 Å². The number of nitrogens with zero attached hydrogens (tertiary/aromatic N) is 1. The first-order valence-corrected chi connectivity index (χ1v) is 9.22. The summed E-state index contributed by atoms with van der Waals surface area (Å²) in [6, 6.07) is 0. The number of carbonyl (C=O) groups is 1.